The van der Waals surface area contributed by atoms with Gasteiger partial charge in [0.15, 0.2) is 0 Å². The minimum absolute atomic E-state index is 0.111. The highest BCUT2D eigenvalue weighted by Crippen LogP contribution is 2.20. The number of hydrogen-bond donors (Lipinski definition) is 3. The predicted octanol–water partition coefficient (Wildman–Crippen LogP) is 3.24. The van der Waals surface area contributed by atoms with E-state index in [1.807, 2.05) is 30.3 Å². The van der Waals surface area contributed by atoms with Crippen molar-refractivity contribution in [2.75, 3.05) is 22.5 Å². The minimum atomic E-state index is -0.187. The Balaban J connectivity index is 1.64. The Morgan fingerprint density at radius 3 is 2.48 bits per heavy atom. The molecule has 25 heavy (non-hydrogen) atoms. The maximum absolute atomic E-state index is 12.2. The van der Waals surface area contributed by atoms with Gasteiger partial charge in [0.25, 0.3) is 0 Å². The Morgan fingerprint density at radius 1 is 0.960 bits per heavy atom. The highest BCUT2D eigenvalue weighted by atomic mass is 16.2. The lowest BCUT2D eigenvalue weighted by molar-refractivity contribution is -0.115. The number of aromatic nitrogens is 1. The zero-order chi connectivity index (χ0) is 17.6. The third-order valence-corrected chi connectivity index (χ3v) is 3.54. The van der Waals surface area contributed by atoms with Crippen LogP contribution in [0.1, 0.15) is 6.92 Å². The maximum atomic E-state index is 12.2. The van der Waals surface area contributed by atoms with Crippen molar-refractivity contribution in [3.8, 4) is 0 Å². The van der Waals surface area contributed by atoms with E-state index in [4.69, 9.17) is 0 Å². The third kappa shape index (κ3) is 4.32. The van der Waals surface area contributed by atoms with Crippen LogP contribution in [0.4, 0.5) is 17.1 Å². The lowest BCUT2D eigenvalue weighted by atomic mass is 10.2. The van der Waals surface area contributed by atoms with Crippen molar-refractivity contribution in [1.29, 1.82) is 0 Å². The van der Waals surface area contributed by atoms with Crippen molar-refractivity contribution >= 4 is 39.8 Å². The van der Waals surface area contributed by atoms with Gasteiger partial charge in [-0.15, -0.1) is 0 Å². The highest BCUT2D eigenvalue weighted by Gasteiger charge is 2.06. The first kappa shape index (κ1) is 16.4. The zero-order valence-corrected chi connectivity index (χ0v) is 13.7. The van der Waals surface area contributed by atoms with Crippen LogP contribution in [0.5, 0.6) is 0 Å². The summed E-state index contributed by atoms with van der Waals surface area (Å²) in [5.41, 5.74) is 2.89. The number of pyridine rings is 1. The van der Waals surface area contributed by atoms with E-state index >= 15 is 0 Å². The molecule has 6 nitrogen and oxygen atoms in total. The number of rotatable bonds is 5. The molecule has 0 saturated heterocycles. The molecule has 0 aliphatic heterocycles. The second-order valence-corrected chi connectivity index (χ2v) is 5.54. The number of nitrogens with one attached hydrogen (secondary N) is 3. The third-order valence-electron chi connectivity index (χ3n) is 3.54. The monoisotopic (exact) mass is 334 g/mol. The zero-order valence-electron chi connectivity index (χ0n) is 13.7. The van der Waals surface area contributed by atoms with E-state index in [1.165, 1.54) is 6.92 Å². The second kappa shape index (κ2) is 7.44. The molecule has 1 aromatic heterocycles. The smallest absolute Gasteiger partial charge is 0.243 e. The van der Waals surface area contributed by atoms with Crippen LogP contribution in [-0.4, -0.2) is 23.3 Å². The molecule has 0 spiro atoms. The Morgan fingerprint density at radius 2 is 1.68 bits per heavy atom. The van der Waals surface area contributed by atoms with E-state index in [-0.39, 0.29) is 18.4 Å². The summed E-state index contributed by atoms with van der Waals surface area (Å²) < 4.78 is 0. The Labute approximate surface area is 145 Å². The van der Waals surface area contributed by atoms with Crippen LogP contribution in [0.25, 0.3) is 10.9 Å². The number of benzene rings is 2. The number of carbonyl (C=O) groups is 2. The van der Waals surface area contributed by atoms with Crippen LogP contribution < -0.4 is 16.0 Å². The molecule has 0 fully saturated rings. The van der Waals surface area contributed by atoms with E-state index in [2.05, 4.69) is 20.9 Å². The maximum Gasteiger partial charge on any atom is 0.243 e. The predicted molar refractivity (Wildman–Crippen MR) is 99.6 cm³/mol. The van der Waals surface area contributed by atoms with Crippen LogP contribution in [0.3, 0.4) is 0 Å². The Hall–Kier alpha value is -3.41. The minimum Gasteiger partial charge on any atom is -0.374 e. The van der Waals surface area contributed by atoms with Gasteiger partial charge in [-0.3, -0.25) is 14.6 Å². The fourth-order valence-electron chi connectivity index (χ4n) is 2.51. The largest absolute Gasteiger partial charge is 0.374 e. The summed E-state index contributed by atoms with van der Waals surface area (Å²) in [4.78, 5) is 27.6. The quantitative estimate of drug-likeness (QED) is 0.669. The van der Waals surface area contributed by atoms with E-state index in [1.54, 1.807) is 30.5 Å². The fraction of sp³-hybridized carbons (Fsp3) is 0.105. The molecule has 0 aliphatic carbocycles. The topological polar surface area (TPSA) is 83.1 Å². The average molecular weight is 334 g/mol. The van der Waals surface area contributed by atoms with Gasteiger partial charge in [0.05, 0.1) is 17.7 Å². The average Bonchev–Trinajstić information content (AvgIpc) is 2.59. The standard InChI is InChI=1S/C19H18N4O2/c1-13(24)22-15-7-3-8-16(11-15)23-18(25)12-21-17-9-2-5-14-6-4-10-20-19(14)17/h2-11,21H,12H2,1H3,(H,22,24)(H,23,25). The summed E-state index contributed by atoms with van der Waals surface area (Å²) in [5, 5.41) is 9.60. The Bertz CT molecular complexity index is 919. The van der Waals surface area contributed by atoms with Gasteiger partial charge in [-0.2, -0.15) is 0 Å². The molecule has 0 bridgehead atoms. The van der Waals surface area contributed by atoms with Crippen molar-refractivity contribution in [3.63, 3.8) is 0 Å². The molecular formula is C19H18N4O2. The van der Waals surface area contributed by atoms with E-state index in [0.29, 0.717) is 11.4 Å². The summed E-state index contributed by atoms with van der Waals surface area (Å²) in [6.07, 6.45) is 1.72. The van der Waals surface area contributed by atoms with Gasteiger partial charge in [-0.25, -0.2) is 0 Å². The first-order valence-electron chi connectivity index (χ1n) is 7.87. The second-order valence-electron chi connectivity index (χ2n) is 5.54. The SMILES string of the molecule is CC(=O)Nc1cccc(NC(=O)CNc2cccc3cccnc23)c1. The fourth-order valence-corrected chi connectivity index (χ4v) is 2.51. The number of fused-ring (bicyclic) bond motifs is 1. The molecule has 3 rings (SSSR count). The Kier molecular flexibility index (Phi) is 4.89. The lowest BCUT2D eigenvalue weighted by Crippen LogP contribution is -2.22. The number of hydrogen-bond acceptors (Lipinski definition) is 4. The molecule has 6 heteroatoms. The van der Waals surface area contributed by atoms with Gasteiger partial charge in [0.2, 0.25) is 11.8 Å². The van der Waals surface area contributed by atoms with Crippen molar-refractivity contribution in [3.05, 3.63) is 60.8 Å². The first-order chi connectivity index (χ1) is 12.1. The van der Waals surface area contributed by atoms with Crippen LogP contribution in [0.2, 0.25) is 0 Å². The summed E-state index contributed by atoms with van der Waals surface area (Å²) in [6, 6.07) is 16.6. The lowest BCUT2D eigenvalue weighted by Gasteiger charge is -2.10. The normalized spacial score (nSPS) is 10.3. The molecule has 2 aromatic carbocycles. The van der Waals surface area contributed by atoms with E-state index in [0.717, 1.165) is 16.6 Å². The van der Waals surface area contributed by atoms with Gasteiger partial charge >= 0.3 is 0 Å². The summed E-state index contributed by atoms with van der Waals surface area (Å²) >= 11 is 0. The molecule has 3 N–H and O–H groups in total. The van der Waals surface area contributed by atoms with Gasteiger partial charge in [-0.05, 0) is 30.3 Å². The van der Waals surface area contributed by atoms with Crippen molar-refractivity contribution in [2.24, 2.45) is 0 Å². The molecule has 0 unspecified atom stereocenters. The van der Waals surface area contributed by atoms with Crippen molar-refractivity contribution in [1.82, 2.24) is 4.98 Å². The van der Waals surface area contributed by atoms with E-state index < -0.39 is 0 Å². The van der Waals surface area contributed by atoms with Crippen LogP contribution in [0, 0.1) is 0 Å². The molecule has 0 aliphatic rings. The molecule has 0 radical (unpaired) electrons. The molecular weight excluding hydrogens is 316 g/mol. The number of carbonyl (C=O) groups excluding carboxylic acids is 2. The summed E-state index contributed by atoms with van der Waals surface area (Å²) in [5.74, 6) is -0.346. The number of para-hydroxylation sites is 1. The van der Waals surface area contributed by atoms with Gasteiger partial charge in [0.1, 0.15) is 0 Å². The van der Waals surface area contributed by atoms with Gasteiger partial charge in [-0.1, -0.05) is 24.3 Å². The molecule has 3 aromatic rings. The number of amides is 2. The number of anilines is 3. The summed E-state index contributed by atoms with van der Waals surface area (Å²) in [7, 11) is 0. The first-order valence-corrected chi connectivity index (χ1v) is 7.87. The summed E-state index contributed by atoms with van der Waals surface area (Å²) in [6.45, 7) is 1.55. The molecule has 2 amide bonds. The van der Waals surface area contributed by atoms with Crippen LogP contribution in [0.15, 0.2) is 60.8 Å². The van der Waals surface area contributed by atoms with Gasteiger partial charge < -0.3 is 16.0 Å². The number of nitrogens with zero attached hydrogens (tertiary/aromatic N) is 1. The molecule has 1 heterocycles. The van der Waals surface area contributed by atoms with Crippen molar-refractivity contribution < 1.29 is 9.59 Å². The van der Waals surface area contributed by atoms with E-state index in [9.17, 15) is 9.59 Å². The highest BCUT2D eigenvalue weighted by molar-refractivity contribution is 5.97. The van der Waals surface area contributed by atoms with Crippen LogP contribution >= 0.6 is 0 Å². The molecule has 126 valence electrons. The molecule has 0 atom stereocenters. The molecule has 0 saturated carbocycles. The van der Waals surface area contributed by atoms with Gasteiger partial charge in [0, 0.05) is 29.9 Å². The van der Waals surface area contributed by atoms with Crippen molar-refractivity contribution in [2.45, 2.75) is 6.92 Å². The van der Waals surface area contributed by atoms with Crippen LogP contribution in [-0.2, 0) is 9.59 Å².